The van der Waals surface area contributed by atoms with Gasteiger partial charge in [-0.05, 0) is 23.1 Å². The number of hydrogen-bond acceptors (Lipinski definition) is 2. The smallest absolute Gasteiger partial charge is 0.123 e. The third kappa shape index (κ3) is 2.80. The van der Waals surface area contributed by atoms with E-state index in [1.807, 2.05) is 20.8 Å². The van der Waals surface area contributed by atoms with Gasteiger partial charge in [0.1, 0.15) is 5.82 Å². The van der Waals surface area contributed by atoms with Crippen LogP contribution in [-0.2, 0) is 0 Å². The van der Waals surface area contributed by atoms with Gasteiger partial charge < -0.3 is 5.11 Å². The monoisotopic (exact) mass is 221 g/mol. The fourth-order valence-corrected chi connectivity index (χ4v) is 1.50. The standard InChI is InChI=1S/C13H16FNO/c1-13(2,3)12(16)11(8-15)9-4-6-10(14)7-5-9/h4-7,11-12,16H,1-3H3. The van der Waals surface area contributed by atoms with Gasteiger partial charge in [-0.15, -0.1) is 0 Å². The van der Waals surface area contributed by atoms with Gasteiger partial charge in [0.05, 0.1) is 18.1 Å². The van der Waals surface area contributed by atoms with Gasteiger partial charge in [-0.25, -0.2) is 4.39 Å². The molecular formula is C13H16FNO. The number of hydrogen-bond donors (Lipinski definition) is 1. The van der Waals surface area contributed by atoms with Gasteiger partial charge in [-0.3, -0.25) is 0 Å². The molecule has 0 spiro atoms. The first-order valence-electron chi connectivity index (χ1n) is 5.19. The Labute approximate surface area is 95.3 Å². The highest BCUT2D eigenvalue weighted by molar-refractivity contribution is 5.27. The minimum Gasteiger partial charge on any atom is -0.391 e. The Morgan fingerprint density at radius 3 is 2.12 bits per heavy atom. The number of benzene rings is 1. The Balaban J connectivity index is 3.00. The highest BCUT2D eigenvalue weighted by Crippen LogP contribution is 2.31. The van der Waals surface area contributed by atoms with Gasteiger partial charge in [0.2, 0.25) is 0 Å². The van der Waals surface area contributed by atoms with E-state index in [9.17, 15) is 9.50 Å². The van der Waals surface area contributed by atoms with Crippen LogP contribution in [0, 0.1) is 22.6 Å². The summed E-state index contributed by atoms with van der Waals surface area (Å²) in [5.74, 6) is -0.966. The zero-order valence-corrected chi connectivity index (χ0v) is 9.74. The van der Waals surface area contributed by atoms with E-state index in [0.29, 0.717) is 5.56 Å². The van der Waals surface area contributed by atoms with E-state index in [4.69, 9.17) is 5.26 Å². The van der Waals surface area contributed by atoms with Crippen molar-refractivity contribution in [2.45, 2.75) is 32.8 Å². The number of aliphatic hydroxyl groups is 1. The predicted molar refractivity (Wildman–Crippen MR) is 60.2 cm³/mol. The minimum absolute atomic E-state index is 0.342. The van der Waals surface area contributed by atoms with Crippen LogP contribution in [0.1, 0.15) is 32.3 Å². The van der Waals surface area contributed by atoms with E-state index < -0.39 is 12.0 Å². The molecule has 0 aromatic heterocycles. The largest absolute Gasteiger partial charge is 0.391 e. The molecule has 1 rings (SSSR count). The lowest BCUT2D eigenvalue weighted by Crippen LogP contribution is -2.31. The summed E-state index contributed by atoms with van der Waals surface area (Å²) in [6.07, 6.45) is -0.775. The maximum absolute atomic E-state index is 12.7. The van der Waals surface area contributed by atoms with E-state index in [1.165, 1.54) is 24.3 Å². The zero-order valence-electron chi connectivity index (χ0n) is 9.74. The molecule has 0 saturated heterocycles. The number of rotatable bonds is 2. The lowest BCUT2D eigenvalue weighted by atomic mass is 9.79. The first-order valence-corrected chi connectivity index (χ1v) is 5.19. The molecule has 2 unspecified atom stereocenters. The van der Waals surface area contributed by atoms with Crippen LogP contribution in [0.5, 0.6) is 0 Å². The second kappa shape index (κ2) is 4.63. The number of aliphatic hydroxyl groups excluding tert-OH is 1. The summed E-state index contributed by atoms with van der Waals surface area (Å²) in [7, 11) is 0. The third-order valence-electron chi connectivity index (χ3n) is 2.57. The van der Waals surface area contributed by atoms with Crippen molar-refractivity contribution in [1.82, 2.24) is 0 Å². The van der Waals surface area contributed by atoms with Gasteiger partial charge >= 0.3 is 0 Å². The molecule has 0 aliphatic carbocycles. The topological polar surface area (TPSA) is 44.0 Å². The molecule has 2 nitrogen and oxygen atoms in total. The quantitative estimate of drug-likeness (QED) is 0.834. The summed E-state index contributed by atoms with van der Waals surface area (Å²) >= 11 is 0. The van der Waals surface area contributed by atoms with Crippen LogP contribution in [-0.4, -0.2) is 11.2 Å². The second-order valence-corrected chi connectivity index (χ2v) is 4.97. The van der Waals surface area contributed by atoms with E-state index in [-0.39, 0.29) is 11.2 Å². The van der Waals surface area contributed by atoms with Crippen LogP contribution in [0.2, 0.25) is 0 Å². The Morgan fingerprint density at radius 1 is 1.25 bits per heavy atom. The SMILES string of the molecule is CC(C)(C)C(O)C(C#N)c1ccc(F)cc1. The number of nitriles is 1. The molecule has 0 saturated carbocycles. The van der Waals surface area contributed by atoms with Crippen LogP contribution < -0.4 is 0 Å². The molecule has 0 bridgehead atoms. The summed E-state index contributed by atoms with van der Waals surface area (Å²) in [5, 5.41) is 19.1. The van der Waals surface area contributed by atoms with Crippen molar-refractivity contribution in [2.24, 2.45) is 5.41 Å². The molecule has 0 aliphatic heterocycles. The Bertz CT molecular complexity index is 386. The van der Waals surface area contributed by atoms with Gasteiger partial charge in [-0.2, -0.15) is 5.26 Å². The first kappa shape index (κ1) is 12.7. The minimum atomic E-state index is -0.775. The van der Waals surface area contributed by atoms with E-state index in [2.05, 4.69) is 6.07 Å². The summed E-state index contributed by atoms with van der Waals surface area (Å²) in [6, 6.07) is 7.75. The molecule has 3 heteroatoms. The first-order chi connectivity index (χ1) is 7.36. The van der Waals surface area contributed by atoms with Gasteiger partial charge in [0.25, 0.3) is 0 Å². The highest BCUT2D eigenvalue weighted by Gasteiger charge is 2.31. The predicted octanol–water partition coefficient (Wildman–Crippen LogP) is 2.84. The van der Waals surface area contributed by atoms with Crippen LogP contribution in [0.15, 0.2) is 24.3 Å². The average Bonchev–Trinajstić information content (AvgIpc) is 2.20. The van der Waals surface area contributed by atoms with E-state index >= 15 is 0 Å². The van der Waals surface area contributed by atoms with Gasteiger partial charge in [-0.1, -0.05) is 32.9 Å². The fourth-order valence-electron chi connectivity index (χ4n) is 1.50. The summed E-state index contributed by atoms with van der Waals surface area (Å²) in [5.41, 5.74) is 0.265. The molecule has 16 heavy (non-hydrogen) atoms. The van der Waals surface area contributed by atoms with Crippen LogP contribution >= 0.6 is 0 Å². The Kier molecular flexibility index (Phi) is 3.66. The molecule has 0 heterocycles. The number of nitrogens with zero attached hydrogens (tertiary/aromatic N) is 1. The molecule has 1 aromatic rings. The molecule has 2 atom stereocenters. The summed E-state index contributed by atoms with van der Waals surface area (Å²) < 4.78 is 12.7. The van der Waals surface area contributed by atoms with Crippen molar-refractivity contribution in [3.8, 4) is 6.07 Å². The molecule has 1 aromatic carbocycles. The molecular weight excluding hydrogens is 205 g/mol. The van der Waals surface area contributed by atoms with E-state index in [0.717, 1.165) is 0 Å². The molecule has 1 N–H and O–H groups in total. The lowest BCUT2D eigenvalue weighted by Gasteiger charge is -2.29. The summed E-state index contributed by atoms with van der Waals surface area (Å²) in [6.45, 7) is 5.60. The van der Waals surface area contributed by atoms with Crippen molar-refractivity contribution < 1.29 is 9.50 Å². The highest BCUT2D eigenvalue weighted by atomic mass is 19.1. The van der Waals surface area contributed by atoms with Crippen molar-refractivity contribution in [3.63, 3.8) is 0 Å². The van der Waals surface area contributed by atoms with Gasteiger partial charge in [0, 0.05) is 0 Å². The van der Waals surface area contributed by atoms with Crippen molar-refractivity contribution >= 4 is 0 Å². The van der Waals surface area contributed by atoms with Crippen LogP contribution in [0.3, 0.4) is 0 Å². The van der Waals surface area contributed by atoms with E-state index in [1.54, 1.807) is 0 Å². The zero-order chi connectivity index (χ0) is 12.3. The van der Waals surface area contributed by atoms with Crippen molar-refractivity contribution in [1.29, 1.82) is 5.26 Å². The van der Waals surface area contributed by atoms with Crippen molar-refractivity contribution in [3.05, 3.63) is 35.6 Å². The van der Waals surface area contributed by atoms with Crippen LogP contribution in [0.4, 0.5) is 4.39 Å². The Morgan fingerprint density at radius 2 is 1.75 bits per heavy atom. The second-order valence-electron chi connectivity index (χ2n) is 4.97. The lowest BCUT2D eigenvalue weighted by molar-refractivity contribution is 0.0527. The number of halogens is 1. The van der Waals surface area contributed by atoms with Gasteiger partial charge in [0.15, 0.2) is 0 Å². The molecule has 86 valence electrons. The maximum Gasteiger partial charge on any atom is 0.123 e. The van der Waals surface area contributed by atoms with Crippen molar-refractivity contribution in [2.75, 3.05) is 0 Å². The Hall–Kier alpha value is -1.40. The molecule has 0 amide bonds. The normalized spacial score (nSPS) is 15.2. The fraction of sp³-hybridized carbons (Fsp3) is 0.462. The van der Waals surface area contributed by atoms with Crippen LogP contribution in [0.25, 0.3) is 0 Å². The molecule has 0 radical (unpaired) electrons. The molecule has 0 aliphatic rings. The average molecular weight is 221 g/mol. The molecule has 0 fully saturated rings. The summed E-state index contributed by atoms with van der Waals surface area (Å²) in [4.78, 5) is 0. The maximum atomic E-state index is 12.7. The third-order valence-corrected chi connectivity index (χ3v) is 2.57.